The van der Waals surface area contributed by atoms with Gasteiger partial charge >= 0.3 is 0 Å². The Bertz CT molecular complexity index is 947. The molecule has 7 nitrogen and oxygen atoms in total. The van der Waals surface area contributed by atoms with Crippen LogP contribution in [0.15, 0.2) is 46.6 Å². The molecule has 1 N–H and O–H groups in total. The van der Waals surface area contributed by atoms with E-state index in [9.17, 15) is 14.7 Å². The number of amides is 1. The molecule has 0 saturated carbocycles. The van der Waals surface area contributed by atoms with Gasteiger partial charge in [0.1, 0.15) is 23.3 Å². The molecule has 2 heterocycles. The lowest BCUT2D eigenvalue weighted by molar-refractivity contribution is -0.140. The van der Waals surface area contributed by atoms with E-state index in [1.807, 2.05) is 32.8 Å². The molecule has 0 radical (unpaired) electrons. The van der Waals surface area contributed by atoms with Crippen molar-refractivity contribution in [3.8, 4) is 5.75 Å². The van der Waals surface area contributed by atoms with Gasteiger partial charge in [-0.2, -0.15) is 0 Å². The summed E-state index contributed by atoms with van der Waals surface area (Å²) in [5.74, 6) is -0.385. The fourth-order valence-electron chi connectivity index (χ4n) is 3.68. The van der Waals surface area contributed by atoms with Gasteiger partial charge < -0.3 is 24.1 Å². The molecule has 2 aromatic rings. The SMILES string of the molecule is CCOc1ccc(/C(O)=C2/C(=O)C(=O)N(CCCN(C)C)C2c2ccco2)cc1C. The predicted molar refractivity (Wildman–Crippen MR) is 113 cm³/mol. The topological polar surface area (TPSA) is 83.2 Å². The van der Waals surface area contributed by atoms with Crippen molar-refractivity contribution in [2.75, 3.05) is 33.8 Å². The Morgan fingerprint density at radius 1 is 1.27 bits per heavy atom. The molecule has 7 heteroatoms. The molecule has 0 bridgehead atoms. The molecule has 0 aliphatic carbocycles. The number of aryl methyl sites for hydroxylation is 1. The highest BCUT2D eigenvalue weighted by Crippen LogP contribution is 2.40. The van der Waals surface area contributed by atoms with Crippen LogP contribution in [-0.2, 0) is 9.59 Å². The molecule has 1 aromatic carbocycles. The largest absolute Gasteiger partial charge is 0.507 e. The third kappa shape index (κ3) is 4.26. The molecule has 1 atom stereocenters. The fraction of sp³-hybridized carbons (Fsp3) is 0.391. The number of furan rings is 1. The Kier molecular flexibility index (Phi) is 6.62. The monoisotopic (exact) mass is 412 g/mol. The van der Waals surface area contributed by atoms with Gasteiger partial charge in [0.2, 0.25) is 0 Å². The van der Waals surface area contributed by atoms with E-state index in [-0.39, 0.29) is 11.3 Å². The number of aliphatic hydroxyl groups is 1. The molecular weight excluding hydrogens is 384 g/mol. The van der Waals surface area contributed by atoms with E-state index in [4.69, 9.17) is 9.15 Å². The van der Waals surface area contributed by atoms with Crippen molar-refractivity contribution >= 4 is 17.4 Å². The van der Waals surface area contributed by atoms with Crippen molar-refractivity contribution in [2.45, 2.75) is 26.3 Å². The normalized spacial score (nSPS) is 18.4. The van der Waals surface area contributed by atoms with Gasteiger partial charge in [-0.15, -0.1) is 0 Å². The van der Waals surface area contributed by atoms with Crippen LogP contribution in [0.2, 0.25) is 0 Å². The number of carbonyl (C=O) groups is 2. The van der Waals surface area contributed by atoms with Gasteiger partial charge in [0.25, 0.3) is 11.7 Å². The number of aliphatic hydroxyl groups excluding tert-OH is 1. The highest BCUT2D eigenvalue weighted by atomic mass is 16.5. The van der Waals surface area contributed by atoms with Gasteiger partial charge in [-0.1, -0.05) is 0 Å². The number of hydrogen-bond acceptors (Lipinski definition) is 6. The minimum Gasteiger partial charge on any atom is -0.507 e. The first-order valence-electron chi connectivity index (χ1n) is 10.1. The lowest BCUT2D eigenvalue weighted by atomic mass is 9.98. The quantitative estimate of drug-likeness (QED) is 0.407. The Labute approximate surface area is 176 Å². The third-order valence-electron chi connectivity index (χ3n) is 5.11. The van der Waals surface area contributed by atoms with E-state index in [2.05, 4.69) is 0 Å². The third-order valence-corrected chi connectivity index (χ3v) is 5.11. The van der Waals surface area contributed by atoms with Gasteiger partial charge in [0.05, 0.1) is 18.4 Å². The summed E-state index contributed by atoms with van der Waals surface area (Å²) in [6.45, 7) is 5.45. The molecule has 1 aliphatic heterocycles. The van der Waals surface area contributed by atoms with Crippen LogP contribution in [0, 0.1) is 6.92 Å². The zero-order valence-electron chi connectivity index (χ0n) is 17.8. The fourth-order valence-corrected chi connectivity index (χ4v) is 3.68. The lowest BCUT2D eigenvalue weighted by Gasteiger charge is -2.24. The van der Waals surface area contributed by atoms with Crippen molar-refractivity contribution in [3.63, 3.8) is 0 Å². The maximum absolute atomic E-state index is 12.9. The minimum atomic E-state index is -0.756. The van der Waals surface area contributed by atoms with Gasteiger partial charge in [0.15, 0.2) is 0 Å². The van der Waals surface area contributed by atoms with Crippen molar-refractivity contribution in [2.24, 2.45) is 0 Å². The molecule has 1 aliphatic rings. The van der Waals surface area contributed by atoms with E-state index in [0.29, 0.717) is 36.6 Å². The average molecular weight is 412 g/mol. The highest BCUT2D eigenvalue weighted by molar-refractivity contribution is 6.46. The minimum absolute atomic E-state index is 0.0448. The van der Waals surface area contributed by atoms with Gasteiger partial charge in [-0.05, 0) is 76.8 Å². The van der Waals surface area contributed by atoms with Crippen molar-refractivity contribution in [1.29, 1.82) is 0 Å². The molecule has 3 rings (SSSR count). The highest BCUT2D eigenvalue weighted by Gasteiger charge is 2.47. The van der Waals surface area contributed by atoms with Crippen molar-refractivity contribution in [1.82, 2.24) is 9.80 Å². The number of ether oxygens (including phenoxy) is 1. The average Bonchev–Trinajstić information content (AvgIpc) is 3.31. The zero-order valence-corrected chi connectivity index (χ0v) is 17.8. The summed E-state index contributed by atoms with van der Waals surface area (Å²) in [5.41, 5.74) is 1.33. The Balaban J connectivity index is 2.03. The Morgan fingerprint density at radius 2 is 2.03 bits per heavy atom. The van der Waals surface area contributed by atoms with Crippen LogP contribution < -0.4 is 4.74 Å². The maximum atomic E-state index is 12.9. The molecule has 0 spiro atoms. The number of rotatable bonds is 8. The molecule has 1 amide bonds. The van der Waals surface area contributed by atoms with E-state index in [1.165, 1.54) is 11.2 Å². The smallest absolute Gasteiger partial charge is 0.295 e. The number of hydrogen-bond donors (Lipinski definition) is 1. The molecule has 1 unspecified atom stereocenters. The van der Waals surface area contributed by atoms with Gasteiger partial charge in [-0.3, -0.25) is 9.59 Å². The number of nitrogens with zero attached hydrogens (tertiary/aromatic N) is 2. The second kappa shape index (κ2) is 9.17. The van der Waals surface area contributed by atoms with Crippen molar-refractivity contribution in [3.05, 3.63) is 59.1 Å². The summed E-state index contributed by atoms with van der Waals surface area (Å²) in [7, 11) is 3.90. The van der Waals surface area contributed by atoms with E-state index in [1.54, 1.807) is 30.3 Å². The number of Topliss-reactive ketones (excluding diaryl/α,β-unsaturated/α-hetero) is 1. The Morgan fingerprint density at radius 3 is 2.63 bits per heavy atom. The van der Waals surface area contributed by atoms with E-state index < -0.39 is 17.7 Å². The molecule has 1 aromatic heterocycles. The van der Waals surface area contributed by atoms with Crippen LogP contribution in [0.1, 0.15) is 36.3 Å². The number of carbonyl (C=O) groups excluding carboxylic acids is 2. The molecule has 1 fully saturated rings. The van der Waals surface area contributed by atoms with Crippen LogP contribution in [0.5, 0.6) is 5.75 Å². The lowest BCUT2D eigenvalue weighted by Crippen LogP contribution is -2.32. The molecule has 30 heavy (non-hydrogen) atoms. The maximum Gasteiger partial charge on any atom is 0.295 e. The standard InChI is InChI=1S/C23H28N2O5/c1-5-29-17-10-9-16(14-15(17)2)21(26)19-20(18-8-6-13-30-18)25(23(28)22(19)27)12-7-11-24(3)4/h6,8-10,13-14,20,26H,5,7,11-12H2,1-4H3/b21-19-. The number of likely N-dealkylation sites (tertiary alicyclic amines) is 1. The molecule has 1 saturated heterocycles. The van der Waals surface area contributed by atoms with Crippen LogP contribution >= 0.6 is 0 Å². The van der Waals surface area contributed by atoms with Crippen LogP contribution in [0.4, 0.5) is 0 Å². The van der Waals surface area contributed by atoms with Gasteiger partial charge in [0, 0.05) is 12.1 Å². The second-order valence-electron chi connectivity index (χ2n) is 7.58. The summed E-state index contributed by atoms with van der Waals surface area (Å²) in [6.07, 6.45) is 2.19. The van der Waals surface area contributed by atoms with E-state index >= 15 is 0 Å². The summed E-state index contributed by atoms with van der Waals surface area (Å²) in [6, 6.07) is 7.85. The Hall–Kier alpha value is -3.06. The zero-order chi connectivity index (χ0) is 21.8. The van der Waals surface area contributed by atoms with E-state index in [0.717, 1.165) is 12.1 Å². The molecule has 160 valence electrons. The number of benzene rings is 1. The summed E-state index contributed by atoms with van der Waals surface area (Å²) in [4.78, 5) is 29.2. The second-order valence-corrected chi connectivity index (χ2v) is 7.58. The summed E-state index contributed by atoms with van der Waals surface area (Å²) >= 11 is 0. The number of ketones is 1. The van der Waals surface area contributed by atoms with Gasteiger partial charge in [-0.25, -0.2) is 0 Å². The first kappa shape index (κ1) is 21.6. The van der Waals surface area contributed by atoms with Crippen LogP contribution in [0.25, 0.3) is 5.76 Å². The summed E-state index contributed by atoms with van der Waals surface area (Å²) < 4.78 is 11.1. The van der Waals surface area contributed by atoms with Crippen LogP contribution in [-0.4, -0.2) is 60.4 Å². The summed E-state index contributed by atoms with van der Waals surface area (Å²) in [5, 5.41) is 11.0. The predicted octanol–water partition coefficient (Wildman–Crippen LogP) is 3.36. The first-order chi connectivity index (χ1) is 14.3. The molecular formula is C23H28N2O5. The van der Waals surface area contributed by atoms with Crippen molar-refractivity contribution < 1.29 is 23.8 Å². The first-order valence-corrected chi connectivity index (χ1v) is 10.1. The van der Waals surface area contributed by atoms with Crippen LogP contribution in [0.3, 0.4) is 0 Å².